The van der Waals surface area contributed by atoms with Gasteiger partial charge in [0.05, 0.1) is 6.10 Å². The zero-order chi connectivity index (χ0) is 19.1. The number of amides is 3. The average molecular weight is 372 g/mol. The standard InChI is InChI=1S/C19H24N4O4/c20-13-6-14(24)10-22(9-13)7-11-1-2-12-8-23(19(27)15(12)5-11)16-3-4-17(25)21-18(16)26/h1-2,5,13-14,16,24H,3-4,6-10,20H2,(H,21,25,26). The molecule has 3 aliphatic rings. The molecule has 27 heavy (non-hydrogen) atoms. The lowest BCUT2D eigenvalue weighted by Gasteiger charge is -2.33. The SMILES string of the molecule is NC1CC(O)CN(Cc2ccc3c(c2)C(=O)N(C2CCC(=O)NC2=O)C3)C1. The van der Waals surface area contributed by atoms with E-state index in [0.717, 1.165) is 11.1 Å². The van der Waals surface area contributed by atoms with Crippen LogP contribution in [0.25, 0.3) is 0 Å². The number of benzene rings is 1. The van der Waals surface area contributed by atoms with Crippen LogP contribution >= 0.6 is 0 Å². The monoisotopic (exact) mass is 372 g/mol. The minimum absolute atomic E-state index is 0.0483. The third kappa shape index (κ3) is 3.60. The van der Waals surface area contributed by atoms with Gasteiger partial charge in [0.2, 0.25) is 11.8 Å². The number of hydrogen-bond acceptors (Lipinski definition) is 6. The largest absolute Gasteiger partial charge is 0.392 e. The summed E-state index contributed by atoms with van der Waals surface area (Å²) in [7, 11) is 0. The second kappa shape index (κ2) is 7.03. The summed E-state index contributed by atoms with van der Waals surface area (Å²) in [5.74, 6) is -0.856. The number of β-amino-alcohol motifs (C(OH)–C–C–N with tert-alkyl or cyclic N) is 1. The molecule has 0 bridgehead atoms. The number of rotatable bonds is 3. The highest BCUT2D eigenvalue weighted by molar-refractivity contribution is 6.05. The molecule has 2 fully saturated rings. The summed E-state index contributed by atoms with van der Waals surface area (Å²) in [6.45, 7) is 2.28. The first-order valence-electron chi connectivity index (χ1n) is 9.33. The van der Waals surface area contributed by atoms with Gasteiger partial charge in [0.15, 0.2) is 0 Å². The molecular weight excluding hydrogens is 348 g/mol. The Hall–Kier alpha value is -2.29. The molecule has 3 atom stereocenters. The molecule has 3 amide bonds. The molecule has 0 saturated carbocycles. The number of likely N-dealkylation sites (tertiary alicyclic amines) is 1. The summed E-state index contributed by atoms with van der Waals surface area (Å²) in [5.41, 5.74) is 8.46. The van der Waals surface area contributed by atoms with E-state index in [4.69, 9.17) is 5.73 Å². The van der Waals surface area contributed by atoms with E-state index in [1.54, 1.807) is 4.90 Å². The molecule has 3 heterocycles. The highest BCUT2D eigenvalue weighted by Gasteiger charge is 2.39. The van der Waals surface area contributed by atoms with Crippen molar-refractivity contribution in [3.8, 4) is 0 Å². The summed E-state index contributed by atoms with van der Waals surface area (Å²) in [6, 6.07) is 5.13. The van der Waals surface area contributed by atoms with Gasteiger partial charge in [-0.15, -0.1) is 0 Å². The van der Waals surface area contributed by atoms with E-state index in [-0.39, 0.29) is 24.3 Å². The summed E-state index contributed by atoms with van der Waals surface area (Å²) in [6.07, 6.45) is 0.799. The van der Waals surface area contributed by atoms with Gasteiger partial charge in [0, 0.05) is 44.2 Å². The van der Waals surface area contributed by atoms with Crippen LogP contribution in [0.4, 0.5) is 0 Å². The molecule has 0 aliphatic carbocycles. The van der Waals surface area contributed by atoms with Crippen LogP contribution in [0.3, 0.4) is 0 Å². The molecule has 1 aromatic carbocycles. The fraction of sp³-hybridized carbons (Fsp3) is 0.526. The Kier molecular flexibility index (Phi) is 4.71. The number of nitrogens with two attached hydrogens (primary N) is 1. The minimum Gasteiger partial charge on any atom is -0.392 e. The van der Waals surface area contributed by atoms with E-state index >= 15 is 0 Å². The zero-order valence-corrected chi connectivity index (χ0v) is 15.1. The van der Waals surface area contributed by atoms with E-state index in [1.807, 2.05) is 18.2 Å². The van der Waals surface area contributed by atoms with E-state index in [0.29, 0.717) is 44.6 Å². The molecule has 3 unspecified atom stereocenters. The van der Waals surface area contributed by atoms with Crippen LogP contribution < -0.4 is 11.1 Å². The number of nitrogens with one attached hydrogen (secondary N) is 1. The van der Waals surface area contributed by atoms with Crippen molar-refractivity contribution in [2.45, 2.75) is 50.5 Å². The van der Waals surface area contributed by atoms with Crippen LogP contribution in [0.2, 0.25) is 0 Å². The van der Waals surface area contributed by atoms with Gasteiger partial charge in [-0.05, 0) is 30.0 Å². The molecule has 8 nitrogen and oxygen atoms in total. The van der Waals surface area contributed by atoms with Crippen LogP contribution in [0.1, 0.15) is 40.7 Å². The smallest absolute Gasteiger partial charge is 0.255 e. The molecule has 2 saturated heterocycles. The first-order chi connectivity index (χ1) is 12.9. The normalized spacial score (nSPS) is 29.0. The van der Waals surface area contributed by atoms with Gasteiger partial charge < -0.3 is 15.7 Å². The minimum atomic E-state index is -0.596. The van der Waals surface area contributed by atoms with E-state index in [2.05, 4.69) is 10.2 Å². The van der Waals surface area contributed by atoms with E-state index in [1.165, 1.54) is 0 Å². The number of carbonyl (C=O) groups is 3. The zero-order valence-electron chi connectivity index (χ0n) is 15.1. The predicted octanol–water partition coefficient (Wildman–Crippen LogP) is -0.658. The van der Waals surface area contributed by atoms with Gasteiger partial charge in [-0.3, -0.25) is 24.6 Å². The quantitative estimate of drug-likeness (QED) is 0.607. The third-order valence-corrected chi connectivity index (χ3v) is 5.54. The molecule has 144 valence electrons. The van der Waals surface area contributed by atoms with Gasteiger partial charge in [-0.2, -0.15) is 0 Å². The number of carbonyl (C=O) groups excluding carboxylic acids is 3. The van der Waals surface area contributed by atoms with Gasteiger partial charge in [-0.1, -0.05) is 12.1 Å². The highest BCUT2D eigenvalue weighted by atomic mass is 16.3. The Morgan fingerprint density at radius 1 is 1.22 bits per heavy atom. The lowest BCUT2D eigenvalue weighted by Crippen LogP contribution is -2.52. The number of fused-ring (bicyclic) bond motifs is 1. The molecular formula is C19H24N4O4. The molecule has 0 radical (unpaired) electrons. The fourth-order valence-electron chi connectivity index (χ4n) is 4.29. The van der Waals surface area contributed by atoms with E-state index in [9.17, 15) is 19.5 Å². The van der Waals surface area contributed by atoms with Crippen LogP contribution in [-0.2, 0) is 22.7 Å². The second-order valence-corrected chi connectivity index (χ2v) is 7.74. The summed E-state index contributed by atoms with van der Waals surface area (Å²) in [5, 5.41) is 12.2. The lowest BCUT2D eigenvalue weighted by molar-refractivity contribution is -0.136. The van der Waals surface area contributed by atoms with Crippen LogP contribution in [0, 0.1) is 0 Å². The van der Waals surface area contributed by atoms with Crippen molar-refractivity contribution in [1.82, 2.24) is 15.1 Å². The lowest BCUT2D eigenvalue weighted by atomic mass is 10.0. The number of piperidine rings is 2. The molecule has 1 aromatic rings. The van der Waals surface area contributed by atoms with Gasteiger partial charge in [-0.25, -0.2) is 0 Å². The number of aliphatic hydroxyl groups excluding tert-OH is 1. The molecule has 0 aromatic heterocycles. The molecule has 8 heteroatoms. The Bertz CT molecular complexity index is 786. The maximum atomic E-state index is 12.9. The van der Waals surface area contributed by atoms with Crippen LogP contribution in [0.5, 0.6) is 0 Å². The van der Waals surface area contributed by atoms with Crippen molar-refractivity contribution in [1.29, 1.82) is 0 Å². The first-order valence-corrected chi connectivity index (χ1v) is 9.33. The van der Waals surface area contributed by atoms with Crippen LogP contribution in [-0.4, -0.2) is 63.9 Å². The van der Waals surface area contributed by atoms with Crippen molar-refractivity contribution in [3.05, 3.63) is 34.9 Å². The Balaban J connectivity index is 1.48. The van der Waals surface area contributed by atoms with Crippen molar-refractivity contribution in [3.63, 3.8) is 0 Å². The van der Waals surface area contributed by atoms with Crippen molar-refractivity contribution < 1.29 is 19.5 Å². The number of imide groups is 1. The van der Waals surface area contributed by atoms with Crippen LogP contribution in [0.15, 0.2) is 18.2 Å². The van der Waals surface area contributed by atoms with Crippen molar-refractivity contribution in [2.75, 3.05) is 13.1 Å². The molecule has 4 rings (SSSR count). The van der Waals surface area contributed by atoms with Gasteiger partial charge in [0.25, 0.3) is 5.91 Å². The summed E-state index contributed by atoms with van der Waals surface area (Å²) < 4.78 is 0. The van der Waals surface area contributed by atoms with Crippen molar-refractivity contribution >= 4 is 17.7 Å². The Labute approximate surface area is 157 Å². The maximum Gasteiger partial charge on any atom is 0.255 e. The fourth-order valence-corrected chi connectivity index (χ4v) is 4.29. The Morgan fingerprint density at radius 2 is 2.04 bits per heavy atom. The molecule has 0 spiro atoms. The van der Waals surface area contributed by atoms with Crippen molar-refractivity contribution in [2.24, 2.45) is 5.73 Å². The molecule has 4 N–H and O–H groups in total. The third-order valence-electron chi connectivity index (χ3n) is 5.54. The first kappa shape index (κ1) is 18.1. The van der Waals surface area contributed by atoms with E-state index < -0.39 is 18.1 Å². The second-order valence-electron chi connectivity index (χ2n) is 7.74. The van der Waals surface area contributed by atoms with Gasteiger partial charge >= 0.3 is 0 Å². The average Bonchev–Trinajstić information content (AvgIpc) is 2.90. The molecule has 3 aliphatic heterocycles. The number of nitrogens with zero attached hydrogens (tertiary/aromatic N) is 2. The Morgan fingerprint density at radius 3 is 2.78 bits per heavy atom. The number of hydrogen-bond donors (Lipinski definition) is 3. The maximum absolute atomic E-state index is 12.9. The van der Waals surface area contributed by atoms with Gasteiger partial charge in [0.1, 0.15) is 6.04 Å². The highest BCUT2D eigenvalue weighted by Crippen LogP contribution is 2.28. The number of aliphatic hydroxyl groups is 1. The topological polar surface area (TPSA) is 116 Å². The summed E-state index contributed by atoms with van der Waals surface area (Å²) >= 11 is 0. The predicted molar refractivity (Wildman–Crippen MR) is 96.4 cm³/mol. The summed E-state index contributed by atoms with van der Waals surface area (Å²) in [4.78, 5) is 40.0.